The lowest BCUT2D eigenvalue weighted by molar-refractivity contribution is -0.117. The number of aliphatic hydroxyl groups is 1. The van der Waals surface area contributed by atoms with Gasteiger partial charge in [-0.15, -0.1) is 0 Å². The molecule has 1 unspecified atom stereocenters. The van der Waals surface area contributed by atoms with Gasteiger partial charge in [0.2, 0.25) is 5.78 Å². The summed E-state index contributed by atoms with van der Waals surface area (Å²) in [6.45, 7) is 2.40. The van der Waals surface area contributed by atoms with E-state index in [9.17, 15) is 14.7 Å². The third-order valence-electron chi connectivity index (χ3n) is 5.95. The number of carbonyl (C=O) groups excluding carboxylic acids is 2. The molecule has 2 heterocycles. The first-order chi connectivity index (χ1) is 17.0. The summed E-state index contributed by atoms with van der Waals surface area (Å²) >= 11 is 0. The molecule has 0 radical (unpaired) electrons. The van der Waals surface area contributed by atoms with Crippen molar-refractivity contribution in [2.45, 2.75) is 13.0 Å². The SMILES string of the molecule is CCOc1ccc(C2C(C(=O)c3cc4cccc(OC)c4o3)=C(O)C(=O)N2c2ccccc2)cc1. The van der Waals surface area contributed by atoms with Crippen LogP contribution >= 0.6 is 0 Å². The van der Waals surface area contributed by atoms with Gasteiger partial charge in [-0.1, -0.05) is 42.5 Å². The molecule has 35 heavy (non-hydrogen) atoms. The number of hydrogen-bond donors (Lipinski definition) is 1. The number of ether oxygens (including phenoxy) is 2. The number of para-hydroxylation sites is 2. The number of aliphatic hydroxyl groups excluding tert-OH is 1. The van der Waals surface area contributed by atoms with Crippen molar-refractivity contribution in [2.75, 3.05) is 18.6 Å². The summed E-state index contributed by atoms with van der Waals surface area (Å²) in [5.74, 6) is -0.693. The molecule has 0 saturated heterocycles. The molecule has 1 aliphatic heterocycles. The van der Waals surface area contributed by atoms with Crippen LogP contribution in [0.1, 0.15) is 29.1 Å². The zero-order valence-corrected chi connectivity index (χ0v) is 19.2. The average molecular weight is 469 g/mol. The molecule has 1 N–H and O–H groups in total. The maximum atomic E-state index is 13.7. The second kappa shape index (κ2) is 9.02. The first-order valence-corrected chi connectivity index (χ1v) is 11.2. The molecule has 1 aromatic heterocycles. The largest absolute Gasteiger partial charge is 0.503 e. The van der Waals surface area contributed by atoms with Crippen LogP contribution in [0.2, 0.25) is 0 Å². The number of furan rings is 1. The maximum Gasteiger partial charge on any atom is 0.294 e. The molecule has 7 nitrogen and oxygen atoms in total. The molecule has 4 aromatic rings. The number of ketones is 1. The summed E-state index contributed by atoms with van der Waals surface area (Å²) < 4.78 is 16.7. The number of fused-ring (bicyclic) bond motifs is 1. The predicted molar refractivity (Wildman–Crippen MR) is 131 cm³/mol. The van der Waals surface area contributed by atoms with E-state index in [2.05, 4.69) is 0 Å². The molecule has 1 aliphatic rings. The van der Waals surface area contributed by atoms with Gasteiger partial charge in [0, 0.05) is 11.1 Å². The van der Waals surface area contributed by atoms with E-state index in [-0.39, 0.29) is 11.3 Å². The molecule has 1 atom stereocenters. The molecule has 0 spiro atoms. The number of carbonyl (C=O) groups is 2. The van der Waals surface area contributed by atoms with Gasteiger partial charge in [0.1, 0.15) is 5.75 Å². The number of amides is 1. The number of benzene rings is 3. The Morgan fingerprint density at radius 3 is 2.46 bits per heavy atom. The van der Waals surface area contributed by atoms with Crippen LogP contribution in [0, 0.1) is 0 Å². The molecule has 5 rings (SSSR count). The van der Waals surface area contributed by atoms with Gasteiger partial charge in [0.15, 0.2) is 22.9 Å². The van der Waals surface area contributed by atoms with Crippen LogP contribution < -0.4 is 14.4 Å². The van der Waals surface area contributed by atoms with E-state index >= 15 is 0 Å². The third kappa shape index (κ3) is 3.81. The Morgan fingerprint density at radius 1 is 1.03 bits per heavy atom. The van der Waals surface area contributed by atoms with E-state index in [1.807, 2.05) is 13.0 Å². The van der Waals surface area contributed by atoms with Crippen LogP contribution in [0.4, 0.5) is 5.69 Å². The Balaban J connectivity index is 1.63. The van der Waals surface area contributed by atoms with Crippen LogP contribution in [-0.2, 0) is 4.79 Å². The number of anilines is 1. The second-order valence-electron chi connectivity index (χ2n) is 8.00. The number of Topliss-reactive ketones (excluding diaryl/α,β-unsaturated/α-hetero) is 1. The Kier molecular flexibility index (Phi) is 5.74. The van der Waals surface area contributed by atoms with Crippen LogP contribution in [-0.4, -0.2) is 30.5 Å². The minimum Gasteiger partial charge on any atom is -0.503 e. The molecule has 0 bridgehead atoms. The van der Waals surface area contributed by atoms with Crippen molar-refractivity contribution in [1.29, 1.82) is 0 Å². The predicted octanol–water partition coefficient (Wildman–Crippen LogP) is 5.62. The molecule has 1 amide bonds. The van der Waals surface area contributed by atoms with Gasteiger partial charge < -0.3 is 19.0 Å². The van der Waals surface area contributed by atoms with Crippen LogP contribution in [0.3, 0.4) is 0 Å². The third-order valence-corrected chi connectivity index (χ3v) is 5.95. The molecular formula is C28H23NO6. The normalized spacial score (nSPS) is 15.7. The van der Waals surface area contributed by atoms with E-state index in [4.69, 9.17) is 13.9 Å². The van der Waals surface area contributed by atoms with Gasteiger partial charge in [-0.05, 0) is 48.9 Å². The van der Waals surface area contributed by atoms with Gasteiger partial charge in [0.05, 0.1) is 25.3 Å². The van der Waals surface area contributed by atoms with Gasteiger partial charge in [-0.2, -0.15) is 0 Å². The molecular weight excluding hydrogens is 446 g/mol. The molecule has 176 valence electrons. The van der Waals surface area contributed by atoms with Crippen molar-refractivity contribution in [2.24, 2.45) is 0 Å². The molecule has 7 heteroatoms. The highest BCUT2D eigenvalue weighted by molar-refractivity contribution is 6.20. The Labute approximate surface area is 201 Å². The number of nitrogens with zero attached hydrogens (tertiary/aromatic N) is 1. The fraction of sp³-hybridized carbons (Fsp3) is 0.143. The van der Waals surface area contributed by atoms with Crippen molar-refractivity contribution in [3.63, 3.8) is 0 Å². The lowest BCUT2D eigenvalue weighted by atomic mass is 9.94. The van der Waals surface area contributed by atoms with E-state index in [1.54, 1.807) is 72.8 Å². The van der Waals surface area contributed by atoms with Gasteiger partial charge in [-0.3, -0.25) is 14.5 Å². The van der Waals surface area contributed by atoms with Crippen LogP contribution in [0.25, 0.3) is 11.0 Å². The van der Waals surface area contributed by atoms with E-state index in [0.717, 1.165) is 0 Å². The lowest BCUT2D eigenvalue weighted by Crippen LogP contribution is -2.31. The topological polar surface area (TPSA) is 89.2 Å². The molecule has 3 aromatic carbocycles. The van der Waals surface area contributed by atoms with Crippen LogP contribution in [0.15, 0.2) is 94.6 Å². The summed E-state index contributed by atoms with van der Waals surface area (Å²) in [6.07, 6.45) is 0. The highest BCUT2D eigenvalue weighted by atomic mass is 16.5. The first kappa shape index (κ1) is 22.3. The Bertz CT molecular complexity index is 1440. The summed E-state index contributed by atoms with van der Waals surface area (Å²) in [6, 6.07) is 22.1. The highest BCUT2D eigenvalue weighted by Crippen LogP contribution is 2.43. The average Bonchev–Trinajstić information content (AvgIpc) is 3.44. The summed E-state index contributed by atoms with van der Waals surface area (Å²) in [5, 5.41) is 11.6. The Morgan fingerprint density at radius 2 is 1.77 bits per heavy atom. The van der Waals surface area contributed by atoms with Gasteiger partial charge in [-0.25, -0.2) is 0 Å². The molecule has 0 aliphatic carbocycles. The first-order valence-electron chi connectivity index (χ1n) is 11.2. The van der Waals surface area contributed by atoms with E-state index < -0.39 is 23.5 Å². The van der Waals surface area contributed by atoms with Crippen molar-refractivity contribution in [1.82, 2.24) is 0 Å². The zero-order valence-electron chi connectivity index (χ0n) is 19.2. The summed E-state index contributed by atoms with van der Waals surface area (Å²) in [5.41, 5.74) is 1.56. The summed E-state index contributed by atoms with van der Waals surface area (Å²) in [7, 11) is 1.52. The van der Waals surface area contributed by atoms with Gasteiger partial charge >= 0.3 is 0 Å². The smallest absolute Gasteiger partial charge is 0.294 e. The number of rotatable bonds is 7. The monoisotopic (exact) mass is 469 g/mol. The van der Waals surface area contributed by atoms with Crippen molar-refractivity contribution in [3.8, 4) is 11.5 Å². The molecule has 0 fully saturated rings. The second-order valence-corrected chi connectivity index (χ2v) is 8.00. The fourth-order valence-electron chi connectivity index (χ4n) is 4.36. The Hall–Kier alpha value is -4.52. The summed E-state index contributed by atoms with van der Waals surface area (Å²) in [4.78, 5) is 28.4. The molecule has 0 saturated carbocycles. The highest BCUT2D eigenvalue weighted by Gasteiger charge is 2.45. The van der Waals surface area contributed by atoms with E-state index in [0.29, 0.717) is 40.3 Å². The van der Waals surface area contributed by atoms with Gasteiger partial charge in [0.25, 0.3) is 5.91 Å². The van der Waals surface area contributed by atoms with E-state index in [1.165, 1.54) is 12.0 Å². The van der Waals surface area contributed by atoms with Crippen molar-refractivity contribution < 1.29 is 28.6 Å². The number of methoxy groups -OCH3 is 1. The maximum absolute atomic E-state index is 13.7. The minimum atomic E-state index is -0.858. The zero-order chi connectivity index (χ0) is 24.5. The lowest BCUT2D eigenvalue weighted by Gasteiger charge is -2.26. The number of hydrogen-bond acceptors (Lipinski definition) is 6. The van der Waals surface area contributed by atoms with Crippen molar-refractivity contribution >= 4 is 28.3 Å². The van der Waals surface area contributed by atoms with Crippen molar-refractivity contribution in [3.05, 3.63) is 102 Å². The van der Waals surface area contributed by atoms with Crippen LogP contribution in [0.5, 0.6) is 11.5 Å². The quantitative estimate of drug-likeness (QED) is 0.353. The minimum absolute atomic E-state index is 0.00435. The fourth-order valence-corrected chi connectivity index (χ4v) is 4.36. The standard InChI is InChI=1S/C28H23NO6/c1-3-34-20-14-12-17(13-15-20)24-23(26(31)28(32)29(24)19-9-5-4-6-10-19)25(30)22-16-18-8-7-11-21(33-2)27(18)35-22/h4-16,24,31H,3H2,1-2H3.